The average molecular weight is 319 g/mol. The molecule has 0 atom stereocenters. The standard InChI is InChI=1S/C7H5F3O.C6H4FNO2.CH4/c8-7(9,10)5-3-1-2-4-6(5)11;7-5-3-1-2-4-6(5)8(9)10;/h1-4,11H;1-4H;1H4. The topological polar surface area (TPSA) is 63.4 Å². The van der Waals surface area contributed by atoms with E-state index in [-0.39, 0.29) is 7.43 Å². The Hall–Kier alpha value is -2.64. The summed E-state index contributed by atoms with van der Waals surface area (Å²) in [4.78, 5) is 9.23. The maximum absolute atomic E-state index is 12.4. The Morgan fingerprint density at radius 3 is 1.86 bits per heavy atom. The first kappa shape index (κ1) is 19.4. The molecule has 0 spiro atoms. The Balaban J connectivity index is 0.000000385. The second-order valence-electron chi connectivity index (χ2n) is 3.72. The van der Waals surface area contributed by atoms with Gasteiger partial charge < -0.3 is 5.11 Å². The van der Waals surface area contributed by atoms with Gasteiger partial charge in [0, 0.05) is 6.07 Å². The summed E-state index contributed by atoms with van der Waals surface area (Å²) in [6.07, 6.45) is -4.47. The van der Waals surface area contributed by atoms with E-state index in [1.54, 1.807) is 0 Å². The van der Waals surface area contributed by atoms with Crippen LogP contribution in [0.2, 0.25) is 0 Å². The Labute approximate surface area is 123 Å². The molecule has 0 aliphatic carbocycles. The molecule has 4 nitrogen and oxygen atoms in total. The third kappa shape index (κ3) is 5.39. The zero-order valence-electron chi connectivity index (χ0n) is 10.3. The van der Waals surface area contributed by atoms with Gasteiger partial charge >= 0.3 is 11.9 Å². The van der Waals surface area contributed by atoms with E-state index in [1.807, 2.05) is 0 Å². The van der Waals surface area contributed by atoms with E-state index in [0.717, 1.165) is 24.3 Å². The van der Waals surface area contributed by atoms with E-state index in [0.29, 0.717) is 0 Å². The van der Waals surface area contributed by atoms with Gasteiger partial charge in [0.25, 0.3) is 0 Å². The summed E-state index contributed by atoms with van der Waals surface area (Å²) >= 11 is 0. The number of para-hydroxylation sites is 2. The lowest BCUT2D eigenvalue weighted by Crippen LogP contribution is -2.04. The predicted octanol–water partition coefficient (Wildman–Crippen LogP) is 4.78. The van der Waals surface area contributed by atoms with E-state index in [9.17, 15) is 27.7 Å². The molecular weight excluding hydrogens is 306 g/mol. The number of halogens is 4. The highest BCUT2D eigenvalue weighted by atomic mass is 19.4. The molecule has 0 aromatic heterocycles. The highest BCUT2D eigenvalue weighted by Crippen LogP contribution is 2.34. The number of alkyl halides is 3. The normalized spacial score (nSPS) is 10.0. The van der Waals surface area contributed by atoms with Gasteiger partial charge in [-0.2, -0.15) is 17.6 Å². The number of nitrogens with zero attached hydrogens (tertiary/aromatic N) is 1. The largest absolute Gasteiger partial charge is 0.507 e. The van der Waals surface area contributed by atoms with Crippen LogP contribution in [0, 0.1) is 15.9 Å². The fourth-order valence-electron chi connectivity index (χ4n) is 1.31. The minimum atomic E-state index is -4.47. The van der Waals surface area contributed by atoms with Crippen LogP contribution in [0.3, 0.4) is 0 Å². The molecule has 2 aromatic rings. The number of hydrogen-bond donors (Lipinski definition) is 1. The molecule has 0 aliphatic rings. The summed E-state index contributed by atoms with van der Waals surface area (Å²) < 4.78 is 48.1. The van der Waals surface area contributed by atoms with Gasteiger partial charge in [0.1, 0.15) is 5.75 Å². The smallest absolute Gasteiger partial charge is 0.419 e. The molecule has 2 aromatic carbocycles. The molecule has 0 saturated carbocycles. The number of phenolic OH excluding ortho intramolecular Hbond substituents is 1. The van der Waals surface area contributed by atoms with E-state index >= 15 is 0 Å². The number of nitro groups is 1. The predicted molar refractivity (Wildman–Crippen MR) is 72.9 cm³/mol. The van der Waals surface area contributed by atoms with Gasteiger partial charge in [-0.3, -0.25) is 10.1 Å². The second kappa shape index (κ2) is 7.96. The van der Waals surface area contributed by atoms with Crippen LogP contribution in [0.15, 0.2) is 48.5 Å². The third-order valence-electron chi connectivity index (χ3n) is 2.26. The Kier molecular flexibility index (Phi) is 7.01. The SMILES string of the molecule is C.O=[N+]([O-])c1ccccc1F.Oc1ccccc1C(F)(F)F. The van der Waals surface area contributed by atoms with Gasteiger partial charge in [-0.15, -0.1) is 0 Å². The zero-order chi connectivity index (χ0) is 16.0. The number of hydrogen-bond acceptors (Lipinski definition) is 3. The van der Waals surface area contributed by atoms with Crippen molar-refractivity contribution in [3.05, 3.63) is 70.0 Å². The Morgan fingerprint density at radius 1 is 1.00 bits per heavy atom. The van der Waals surface area contributed by atoms with Crippen molar-refractivity contribution in [1.29, 1.82) is 0 Å². The van der Waals surface area contributed by atoms with Crippen molar-refractivity contribution >= 4 is 5.69 Å². The lowest BCUT2D eigenvalue weighted by Gasteiger charge is -2.06. The van der Waals surface area contributed by atoms with Gasteiger partial charge in [0.15, 0.2) is 0 Å². The fraction of sp³-hybridized carbons (Fsp3) is 0.143. The van der Waals surface area contributed by atoms with Crippen LogP contribution >= 0.6 is 0 Å². The Morgan fingerprint density at radius 2 is 1.50 bits per heavy atom. The van der Waals surface area contributed by atoms with E-state index in [4.69, 9.17) is 5.11 Å². The molecule has 0 saturated heterocycles. The summed E-state index contributed by atoms with van der Waals surface area (Å²) in [6.45, 7) is 0. The molecule has 0 bridgehead atoms. The maximum atomic E-state index is 12.4. The number of aromatic hydroxyl groups is 1. The van der Waals surface area contributed by atoms with Crippen LogP contribution in [-0.2, 0) is 6.18 Å². The quantitative estimate of drug-likeness (QED) is 0.467. The third-order valence-corrected chi connectivity index (χ3v) is 2.26. The summed E-state index contributed by atoms with van der Waals surface area (Å²) in [7, 11) is 0. The van der Waals surface area contributed by atoms with E-state index in [2.05, 4.69) is 0 Å². The van der Waals surface area contributed by atoms with Crippen LogP contribution in [0.4, 0.5) is 23.2 Å². The molecule has 0 fully saturated rings. The molecular formula is C14H13F4NO3. The number of nitro benzene ring substituents is 1. The molecule has 120 valence electrons. The van der Waals surface area contributed by atoms with Crippen LogP contribution in [0.25, 0.3) is 0 Å². The number of rotatable bonds is 1. The zero-order valence-corrected chi connectivity index (χ0v) is 10.3. The first-order chi connectivity index (χ1) is 9.73. The molecule has 1 N–H and O–H groups in total. The highest BCUT2D eigenvalue weighted by molar-refractivity contribution is 5.33. The van der Waals surface area contributed by atoms with Crippen LogP contribution in [-0.4, -0.2) is 10.0 Å². The lowest BCUT2D eigenvalue weighted by molar-refractivity contribution is -0.387. The molecule has 8 heteroatoms. The molecule has 0 heterocycles. The van der Waals surface area contributed by atoms with Gasteiger partial charge in [-0.1, -0.05) is 31.7 Å². The van der Waals surface area contributed by atoms with Gasteiger partial charge in [-0.25, -0.2) is 0 Å². The molecule has 0 aliphatic heterocycles. The van der Waals surface area contributed by atoms with Crippen molar-refractivity contribution in [2.45, 2.75) is 13.6 Å². The summed E-state index contributed by atoms with van der Waals surface area (Å²) in [5.74, 6) is -1.53. The van der Waals surface area contributed by atoms with E-state index in [1.165, 1.54) is 24.3 Å². The fourth-order valence-corrected chi connectivity index (χ4v) is 1.31. The van der Waals surface area contributed by atoms with Crippen molar-refractivity contribution in [2.75, 3.05) is 0 Å². The van der Waals surface area contributed by atoms with Crippen molar-refractivity contribution in [2.24, 2.45) is 0 Å². The molecule has 22 heavy (non-hydrogen) atoms. The van der Waals surface area contributed by atoms with Crippen molar-refractivity contribution in [3.8, 4) is 5.75 Å². The molecule has 0 amide bonds. The van der Waals surface area contributed by atoms with Gasteiger partial charge in [0.05, 0.1) is 10.5 Å². The monoisotopic (exact) mass is 319 g/mol. The summed E-state index contributed by atoms with van der Waals surface area (Å²) in [5, 5.41) is 18.7. The minimum absolute atomic E-state index is 0. The van der Waals surface area contributed by atoms with Crippen LogP contribution in [0.1, 0.15) is 13.0 Å². The van der Waals surface area contributed by atoms with E-state index < -0.39 is 33.9 Å². The minimum Gasteiger partial charge on any atom is -0.507 e. The first-order valence-corrected chi connectivity index (χ1v) is 5.47. The van der Waals surface area contributed by atoms with Crippen LogP contribution in [0.5, 0.6) is 5.75 Å². The van der Waals surface area contributed by atoms with Crippen molar-refractivity contribution < 1.29 is 27.6 Å². The van der Waals surface area contributed by atoms with Crippen LogP contribution < -0.4 is 0 Å². The lowest BCUT2D eigenvalue weighted by atomic mass is 10.2. The summed E-state index contributed by atoms with van der Waals surface area (Å²) in [5.41, 5.74) is -1.48. The van der Waals surface area contributed by atoms with Crippen molar-refractivity contribution in [1.82, 2.24) is 0 Å². The number of phenols is 1. The van der Waals surface area contributed by atoms with Gasteiger partial charge in [0.2, 0.25) is 5.82 Å². The highest BCUT2D eigenvalue weighted by Gasteiger charge is 2.33. The van der Waals surface area contributed by atoms with Gasteiger partial charge in [-0.05, 0) is 18.2 Å². The maximum Gasteiger partial charge on any atom is 0.419 e. The Bertz CT molecular complexity index is 629. The first-order valence-electron chi connectivity index (χ1n) is 5.47. The second-order valence-corrected chi connectivity index (χ2v) is 3.72. The molecule has 0 radical (unpaired) electrons. The number of benzene rings is 2. The summed E-state index contributed by atoms with van der Waals surface area (Å²) in [6, 6.07) is 9.39. The average Bonchev–Trinajstić information content (AvgIpc) is 2.39. The molecule has 0 unspecified atom stereocenters. The van der Waals surface area contributed by atoms with Crippen molar-refractivity contribution in [3.63, 3.8) is 0 Å². The molecule has 2 rings (SSSR count).